The van der Waals surface area contributed by atoms with E-state index in [0.29, 0.717) is 5.75 Å². The molecule has 0 saturated carbocycles. The number of rotatable bonds is 6. The van der Waals surface area contributed by atoms with Crippen LogP contribution in [0.25, 0.3) is 6.08 Å². The number of hydrogen-bond donors (Lipinski definition) is 1. The van der Waals surface area contributed by atoms with E-state index in [1.54, 1.807) is 31.4 Å². The molecule has 2 aromatic rings. The van der Waals surface area contributed by atoms with Crippen LogP contribution in [0.1, 0.15) is 5.56 Å². The van der Waals surface area contributed by atoms with Crippen molar-refractivity contribution in [3.63, 3.8) is 0 Å². The third-order valence-corrected chi connectivity index (χ3v) is 4.80. The molecule has 0 spiro atoms. The van der Waals surface area contributed by atoms with Gasteiger partial charge in [0.05, 0.1) is 32.9 Å². The maximum absolute atomic E-state index is 12.0. The highest BCUT2D eigenvalue weighted by Gasteiger charge is 2.16. The van der Waals surface area contributed by atoms with E-state index in [9.17, 15) is 9.59 Å². The number of carbonyl (C=O) groups excluding carboxylic acids is 2. The van der Waals surface area contributed by atoms with E-state index in [1.807, 2.05) is 0 Å². The number of esters is 1. The van der Waals surface area contributed by atoms with Crippen LogP contribution in [0.4, 0.5) is 5.69 Å². The fraction of sp³-hybridized carbons (Fsp3) is 0.111. The van der Waals surface area contributed by atoms with Crippen LogP contribution in [0.3, 0.4) is 0 Å². The van der Waals surface area contributed by atoms with Crippen molar-refractivity contribution in [2.75, 3.05) is 19.0 Å². The average Bonchev–Trinajstić information content (AvgIpc) is 2.66. The zero-order valence-electron chi connectivity index (χ0n) is 13.9. The molecule has 9 heteroatoms. The minimum atomic E-state index is -0.700. The molecule has 27 heavy (non-hydrogen) atoms. The van der Waals surface area contributed by atoms with Gasteiger partial charge in [0.25, 0.3) is 5.91 Å². The van der Waals surface area contributed by atoms with Crippen LogP contribution in [0, 0.1) is 0 Å². The first-order valence-corrected chi connectivity index (χ1v) is 8.94. The Hall–Kier alpha value is -1.92. The predicted molar refractivity (Wildman–Crippen MR) is 108 cm³/mol. The molecule has 0 unspecified atom stereocenters. The number of carbonyl (C=O) groups is 2. The van der Waals surface area contributed by atoms with Gasteiger partial charge in [-0.15, -0.1) is 0 Å². The molecule has 142 valence electrons. The average molecular weight is 449 g/mol. The van der Waals surface area contributed by atoms with Gasteiger partial charge in [0.1, 0.15) is 5.75 Å². The first-order chi connectivity index (χ1) is 12.8. The van der Waals surface area contributed by atoms with Crippen molar-refractivity contribution in [3.05, 3.63) is 62.1 Å². The van der Waals surface area contributed by atoms with E-state index in [1.165, 1.54) is 18.2 Å². The highest BCUT2D eigenvalue weighted by molar-refractivity contribution is 6.50. The van der Waals surface area contributed by atoms with E-state index < -0.39 is 18.5 Å². The highest BCUT2D eigenvalue weighted by atomic mass is 35.5. The summed E-state index contributed by atoms with van der Waals surface area (Å²) in [5.74, 6) is -0.701. The number of methoxy groups -OCH3 is 1. The van der Waals surface area contributed by atoms with Crippen LogP contribution in [0.5, 0.6) is 5.75 Å². The molecule has 0 aromatic heterocycles. The fourth-order valence-corrected chi connectivity index (χ4v) is 2.86. The minimum absolute atomic E-state index is 0.0312. The first kappa shape index (κ1) is 21.4. The summed E-state index contributed by atoms with van der Waals surface area (Å²) in [6.07, 6.45) is 2.73. The van der Waals surface area contributed by atoms with Gasteiger partial charge in [0.2, 0.25) is 0 Å². The van der Waals surface area contributed by atoms with Gasteiger partial charge in [-0.1, -0.05) is 58.5 Å². The monoisotopic (exact) mass is 447 g/mol. The second-order valence-corrected chi connectivity index (χ2v) is 6.68. The van der Waals surface area contributed by atoms with E-state index in [4.69, 9.17) is 55.9 Å². The summed E-state index contributed by atoms with van der Waals surface area (Å²) in [6, 6.07) is 8.43. The quantitative estimate of drug-likeness (QED) is 0.359. The molecule has 5 nitrogen and oxygen atoms in total. The Balaban J connectivity index is 1.94. The van der Waals surface area contributed by atoms with Crippen molar-refractivity contribution >= 4 is 70.0 Å². The molecule has 0 fully saturated rings. The van der Waals surface area contributed by atoms with Gasteiger partial charge in [-0.2, -0.15) is 0 Å². The molecule has 0 saturated heterocycles. The van der Waals surface area contributed by atoms with Crippen molar-refractivity contribution in [2.45, 2.75) is 0 Å². The zero-order valence-corrected chi connectivity index (χ0v) is 16.9. The molecule has 0 aliphatic heterocycles. The molecule has 2 rings (SSSR count). The number of amides is 1. The summed E-state index contributed by atoms with van der Waals surface area (Å²) in [7, 11) is 1.54. The van der Waals surface area contributed by atoms with Gasteiger partial charge in [-0.25, -0.2) is 4.79 Å². The number of hydrogen-bond acceptors (Lipinski definition) is 4. The molecule has 0 bridgehead atoms. The number of nitrogens with one attached hydrogen (secondary N) is 1. The summed E-state index contributed by atoms with van der Waals surface area (Å²) in [5.41, 5.74) is 0.784. The second-order valence-electron chi connectivity index (χ2n) is 5.11. The van der Waals surface area contributed by atoms with Crippen LogP contribution in [-0.4, -0.2) is 25.6 Å². The third kappa shape index (κ3) is 6.04. The molecule has 0 radical (unpaired) electrons. The molecule has 0 heterocycles. The van der Waals surface area contributed by atoms with Crippen LogP contribution in [-0.2, 0) is 14.3 Å². The third-order valence-electron chi connectivity index (χ3n) is 3.23. The van der Waals surface area contributed by atoms with Gasteiger partial charge in [-0.3, -0.25) is 4.79 Å². The van der Waals surface area contributed by atoms with E-state index in [0.717, 1.165) is 5.56 Å². The molecular weight excluding hydrogens is 436 g/mol. The molecule has 0 atom stereocenters. The van der Waals surface area contributed by atoms with E-state index in [2.05, 4.69) is 5.32 Å². The lowest BCUT2D eigenvalue weighted by Crippen LogP contribution is -2.20. The number of halogens is 4. The Labute approximate surface area is 175 Å². The van der Waals surface area contributed by atoms with Crippen molar-refractivity contribution in [2.24, 2.45) is 0 Å². The van der Waals surface area contributed by atoms with Gasteiger partial charge in [-0.05, 0) is 29.8 Å². The van der Waals surface area contributed by atoms with Crippen LogP contribution >= 0.6 is 46.4 Å². The predicted octanol–water partition coefficient (Wildman–Crippen LogP) is 5.50. The zero-order chi connectivity index (χ0) is 20.0. The summed E-state index contributed by atoms with van der Waals surface area (Å²) >= 11 is 23.8. The summed E-state index contributed by atoms with van der Waals surface area (Å²) in [4.78, 5) is 23.7. The molecular formula is C18H13Cl4NO4. The minimum Gasteiger partial charge on any atom is -0.497 e. The molecule has 0 aliphatic carbocycles. The lowest BCUT2D eigenvalue weighted by molar-refractivity contribution is -0.142. The summed E-state index contributed by atoms with van der Waals surface area (Å²) in [5, 5.41) is 2.73. The van der Waals surface area contributed by atoms with Crippen molar-refractivity contribution in [3.8, 4) is 5.75 Å². The summed E-state index contributed by atoms with van der Waals surface area (Å²) in [6.45, 7) is -0.544. The highest BCUT2D eigenvalue weighted by Crippen LogP contribution is 2.40. The van der Waals surface area contributed by atoms with Gasteiger partial charge in [0, 0.05) is 6.08 Å². The lowest BCUT2D eigenvalue weighted by Gasteiger charge is -2.11. The van der Waals surface area contributed by atoms with Crippen molar-refractivity contribution < 1.29 is 19.1 Å². The van der Waals surface area contributed by atoms with Gasteiger partial charge >= 0.3 is 5.97 Å². The SMILES string of the molecule is COc1cccc(/C=C/C(=O)OCC(=O)Nc2c(Cl)c(Cl)cc(Cl)c2Cl)c1. The van der Waals surface area contributed by atoms with Crippen LogP contribution < -0.4 is 10.1 Å². The van der Waals surface area contributed by atoms with Crippen LogP contribution in [0.2, 0.25) is 20.1 Å². The number of benzene rings is 2. The summed E-state index contributed by atoms with van der Waals surface area (Å²) < 4.78 is 9.96. The standard InChI is InChI=1S/C18H13Cl4NO4/c1-26-11-4-2-3-10(7-11)5-6-15(25)27-9-14(24)23-18-16(21)12(19)8-13(20)17(18)22/h2-8H,9H2,1H3,(H,23,24)/b6-5+. The van der Waals surface area contributed by atoms with Gasteiger partial charge in [0.15, 0.2) is 6.61 Å². The topological polar surface area (TPSA) is 64.6 Å². The normalized spacial score (nSPS) is 10.7. The number of ether oxygens (including phenoxy) is 2. The lowest BCUT2D eigenvalue weighted by atomic mass is 10.2. The van der Waals surface area contributed by atoms with Crippen molar-refractivity contribution in [1.82, 2.24) is 0 Å². The van der Waals surface area contributed by atoms with Crippen LogP contribution in [0.15, 0.2) is 36.4 Å². The maximum atomic E-state index is 12.0. The Morgan fingerprint density at radius 1 is 1.07 bits per heavy atom. The first-order valence-electron chi connectivity index (χ1n) is 7.43. The Bertz CT molecular complexity index is 873. The van der Waals surface area contributed by atoms with Gasteiger partial charge < -0.3 is 14.8 Å². The second kappa shape index (κ2) is 9.85. The smallest absolute Gasteiger partial charge is 0.331 e. The molecule has 1 N–H and O–H groups in total. The van der Waals surface area contributed by atoms with E-state index >= 15 is 0 Å². The molecule has 0 aliphatic rings. The Kier molecular flexibility index (Phi) is 7.80. The fourth-order valence-electron chi connectivity index (χ4n) is 1.95. The number of anilines is 1. The Morgan fingerprint density at radius 3 is 2.37 bits per heavy atom. The Morgan fingerprint density at radius 2 is 1.74 bits per heavy atom. The molecule has 2 aromatic carbocycles. The molecule has 1 amide bonds. The largest absolute Gasteiger partial charge is 0.497 e. The van der Waals surface area contributed by atoms with Crippen molar-refractivity contribution in [1.29, 1.82) is 0 Å². The maximum Gasteiger partial charge on any atom is 0.331 e. The van der Waals surface area contributed by atoms with E-state index in [-0.39, 0.29) is 25.8 Å².